The standard InChI is InChI=1S/C26H27NO5/c28-25(27-15-13-21(14-16-27)17-20-7-3-1-4-8-20)19-31-26(29)24-12-11-23(32-24)18-30-22-9-5-2-6-10-22/h1-12,21H,13-19H2. The second kappa shape index (κ2) is 10.7. The van der Waals surface area contributed by atoms with Gasteiger partial charge in [-0.25, -0.2) is 4.79 Å². The molecule has 1 saturated heterocycles. The molecule has 6 heteroatoms. The van der Waals surface area contributed by atoms with Crippen LogP contribution in [-0.4, -0.2) is 36.5 Å². The maximum Gasteiger partial charge on any atom is 0.374 e. The normalized spacial score (nSPS) is 14.2. The van der Waals surface area contributed by atoms with Crippen LogP contribution in [0.2, 0.25) is 0 Å². The van der Waals surface area contributed by atoms with Crippen LogP contribution in [0.3, 0.4) is 0 Å². The molecule has 0 aliphatic carbocycles. The molecule has 0 unspecified atom stereocenters. The molecule has 0 bridgehead atoms. The minimum Gasteiger partial charge on any atom is -0.486 e. The second-order valence-electron chi connectivity index (χ2n) is 7.96. The van der Waals surface area contributed by atoms with Gasteiger partial charge in [-0.3, -0.25) is 4.79 Å². The summed E-state index contributed by atoms with van der Waals surface area (Å²) in [4.78, 5) is 26.5. The van der Waals surface area contributed by atoms with Crippen molar-refractivity contribution < 1.29 is 23.5 Å². The van der Waals surface area contributed by atoms with Crippen LogP contribution < -0.4 is 4.74 Å². The van der Waals surface area contributed by atoms with Gasteiger partial charge in [-0.05, 0) is 55.0 Å². The van der Waals surface area contributed by atoms with Crippen molar-refractivity contribution in [3.8, 4) is 5.75 Å². The minimum absolute atomic E-state index is 0.0611. The Balaban J connectivity index is 1.18. The van der Waals surface area contributed by atoms with Crippen molar-refractivity contribution in [2.24, 2.45) is 5.92 Å². The summed E-state index contributed by atoms with van der Waals surface area (Å²) in [6, 6.07) is 23.0. The molecule has 4 rings (SSSR count). The van der Waals surface area contributed by atoms with Gasteiger partial charge in [0.05, 0.1) is 0 Å². The van der Waals surface area contributed by atoms with E-state index in [2.05, 4.69) is 24.3 Å². The number of carbonyl (C=O) groups excluding carboxylic acids is 2. The summed E-state index contributed by atoms with van der Waals surface area (Å²) in [5.74, 6) is 1.03. The molecule has 0 radical (unpaired) electrons. The molecule has 0 atom stereocenters. The summed E-state index contributed by atoms with van der Waals surface area (Å²) in [5.41, 5.74) is 1.33. The Labute approximate surface area is 187 Å². The lowest BCUT2D eigenvalue weighted by Gasteiger charge is -2.32. The first-order chi connectivity index (χ1) is 15.7. The molecule has 0 saturated carbocycles. The van der Waals surface area contributed by atoms with Gasteiger partial charge in [0, 0.05) is 13.1 Å². The summed E-state index contributed by atoms with van der Waals surface area (Å²) in [5, 5.41) is 0. The van der Waals surface area contributed by atoms with Crippen molar-refractivity contribution in [1.29, 1.82) is 0 Å². The third-order valence-electron chi connectivity index (χ3n) is 5.65. The molecule has 32 heavy (non-hydrogen) atoms. The van der Waals surface area contributed by atoms with E-state index in [1.54, 1.807) is 11.0 Å². The Morgan fingerprint density at radius 1 is 0.906 bits per heavy atom. The maximum absolute atomic E-state index is 12.5. The van der Waals surface area contributed by atoms with E-state index in [1.807, 2.05) is 36.4 Å². The van der Waals surface area contributed by atoms with Crippen LogP contribution in [0.1, 0.15) is 34.7 Å². The van der Waals surface area contributed by atoms with E-state index in [9.17, 15) is 9.59 Å². The fourth-order valence-corrected chi connectivity index (χ4v) is 3.86. The Kier molecular flexibility index (Phi) is 7.23. The topological polar surface area (TPSA) is 69.0 Å². The lowest BCUT2D eigenvalue weighted by molar-refractivity contribution is -0.136. The molecule has 1 aliphatic rings. The van der Waals surface area contributed by atoms with Crippen LogP contribution in [-0.2, 0) is 22.6 Å². The number of carbonyl (C=O) groups is 2. The number of hydrogen-bond acceptors (Lipinski definition) is 5. The Bertz CT molecular complexity index is 1010. The maximum atomic E-state index is 12.5. The summed E-state index contributed by atoms with van der Waals surface area (Å²) in [6.07, 6.45) is 2.95. The van der Waals surface area contributed by atoms with E-state index in [-0.39, 0.29) is 24.9 Å². The number of amides is 1. The highest BCUT2D eigenvalue weighted by molar-refractivity contribution is 5.88. The van der Waals surface area contributed by atoms with Crippen LogP contribution >= 0.6 is 0 Å². The van der Waals surface area contributed by atoms with Gasteiger partial charge in [-0.2, -0.15) is 0 Å². The van der Waals surface area contributed by atoms with Gasteiger partial charge in [-0.1, -0.05) is 48.5 Å². The molecule has 1 aromatic heterocycles. The largest absolute Gasteiger partial charge is 0.486 e. The zero-order valence-corrected chi connectivity index (χ0v) is 17.9. The molecule has 3 aromatic rings. The highest BCUT2D eigenvalue weighted by atomic mass is 16.6. The average molecular weight is 434 g/mol. The molecule has 1 fully saturated rings. The van der Waals surface area contributed by atoms with Gasteiger partial charge in [0.1, 0.15) is 18.1 Å². The average Bonchev–Trinajstić information content (AvgIpc) is 3.32. The smallest absolute Gasteiger partial charge is 0.374 e. The van der Waals surface area contributed by atoms with Crippen molar-refractivity contribution in [1.82, 2.24) is 4.90 Å². The van der Waals surface area contributed by atoms with Crippen molar-refractivity contribution >= 4 is 11.9 Å². The fourth-order valence-electron chi connectivity index (χ4n) is 3.86. The summed E-state index contributed by atoms with van der Waals surface area (Å²) in [7, 11) is 0. The van der Waals surface area contributed by atoms with Crippen LogP contribution in [0.4, 0.5) is 0 Å². The number of esters is 1. The van der Waals surface area contributed by atoms with Crippen molar-refractivity contribution in [3.05, 3.63) is 89.9 Å². The molecule has 166 valence electrons. The van der Waals surface area contributed by atoms with Gasteiger partial charge in [0.25, 0.3) is 5.91 Å². The Morgan fingerprint density at radius 3 is 2.31 bits per heavy atom. The first kappa shape index (κ1) is 21.7. The van der Waals surface area contributed by atoms with Crippen LogP contribution in [0, 0.1) is 5.92 Å². The summed E-state index contributed by atoms with van der Waals surface area (Å²) < 4.78 is 16.3. The molecule has 0 N–H and O–H groups in total. The van der Waals surface area contributed by atoms with Crippen molar-refractivity contribution in [2.75, 3.05) is 19.7 Å². The van der Waals surface area contributed by atoms with E-state index in [1.165, 1.54) is 11.6 Å². The molecule has 1 amide bonds. The Morgan fingerprint density at radius 2 is 1.59 bits per heavy atom. The third kappa shape index (κ3) is 6.00. The fraction of sp³-hybridized carbons (Fsp3) is 0.308. The van der Waals surface area contributed by atoms with E-state index in [0.29, 0.717) is 30.5 Å². The lowest BCUT2D eigenvalue weighted by Crippen LogP contribution is -2.41. The van der Waals surface area contributed by atoms with Gasteiger partial charge in [0.15, 0.2) is 6.61 Å². The number of likely N-dealkylation sites (tertiary alicyclic amines) is 1. The van der Waals surface area contributed by atoms with E-state index in [4.69, 9.17) is 13.9 Å². The highest BCUT2D eigenvalue weighted by Gasteiger charge is 2.24. The molecular weight excluding hydrogens is 406 g/mol. The number of nitrogens with zero attached hydrogens (tertiary/aromatic N) is 1. The second-order valence-corrected chi connectivity index (χ2v) is 7.96. The van der Waals surface area contributed by atoms with E-state index >= 15 is 0 Å². The van der Waals surface area contributed by atoms with Gasteiger partial charge in [-0.15, -0.1) is 0 Å². The molecule has 0 spiro atoms. The summed E-state index contributed by atoms with van der Waals surface area (Å²) >= 11 is 0. The van der Waals surface area contributed by atoms with E-state index < -0.39 is 5.97 Å². The number of ether oxygens (including phenoxy) is 2. The lowest BCUT2D eigenvalue weighted by atomic mass is 9.90. The van der Waals surface area contributed by atoms with Crippen LogP contribution in [0.25, 0.3) is 0 Å². The van der Waals surface area contributed by atoms with Crippen LogP contribution in [0.15, 0.2) is 77.2 Å². The molecule has 2 aromatic carbocycles. The highest BCUT2D eigenvalue weighted by Crippen LogP contribution is 2.22. The van der Waals surface area contributed by atoms with Crippen molar-refractivity contribution in [2.45, 2.75) is 25.9 Å². The molecule has 1 aliphatic heterocycles. The zero-order valence-electron chi connectivity index (χ0n) is 17.9. The first-order valence-electron chi connectivity index (χ1n) is 10.9. The summed E-state index contributed by atoms with van der Waals surface area (Å²) in [6.45, 7) is 1.30. The van der Waals surface area contributed by atoms with Crippen LogP contribution in [0.5, 0.6) is 5.75 Å². The van der Waals surface area contributed by atoms with Crippen molar-refractivity contribution in [3.63, 3.8) is 0 Å². The monoisotopic (exact) mass is 433 g/mol. The van der Waals surface area contributed by atoms with Gasteiger partial charge in [0.2, 0.25) is 5.76 Å². The van der Waals surface area contributed by atoms with Gasteiger partial charge < -0.3 is 18.8 Å². The van der Waals surface area contributed by atoms with E-state index in [0.717, 1.165) is 19.3 Å². The third-order valence-corrected chi connectivity index (χ3v) is 5.65. The predicted molar refractivity (Wildman–Crippen MR) is 119 cm³/mol. The number of piperidine rings is 1. The van der Waals surface area contributed by atoms with Gasteiger partial charge >= 0.3 is 5.97 Å². The quantitative estimate of drug-likeness (QED) is 0.490. The number of hydrogen-bond donors (Lipinski definition) is 0. The number of rotatable bonds is 8. The SMILES string of the molecule is O=C(OCC(=O)N1CCC(Cc2ccccc2)CC1)c1ccc(COc2ccccc2)o1. The Hall–Kier alpha value is -3.54. The molecule has 2 heterocycles. The predicted octanol–water partition coefficient (Wildman–Crippen LogP) is 4.50. The molecular formula is C26H27NO5. The zero-order chi connectivity index (χ0) is 22.2. The number of furan rings is 1. The number of benzene rings is 2. The molecule has 6 nitrogen and oxygen atoms in total. The minimum atomic E-state index is -0.650. The number of para-hydroxylation sites is 1. The first-order valence-corrected chi connectivity index (χ1v) is 10.9.